The minimum absolute atomic E-state index is 0.341. The standard InChI is InChI=1S/C7H11N2O/c1-6-3-4-8-9(6)5-7(2)10/h3,7,10H,5H2,1-2H3/t7-/m1/s1. The van der Waals surface area contributed by atoms with E-state index in [1.54, 1.807) is 17.7 Å². The van der Waals surface area contributed by atoms with Gasteiger partial charge < -0.3 is 5.11 Å². The highest BCUT2D eigenvalue weighted by Gasteiger charge is 1.99. The molecule has 0 aliphatic heterocycles. The van der Waals surface area contributed by atoms with Gasteiger partial charge in [0.2, 0.25) is 0 Å². The van der Waals surface area contributed by atoms with Crippen LogP contribution in [0.15, 0.2) is 6.07 Å². The minimum atomic E-state index is -0.341. The lowest BCUT2D eigenvalue weighted by molar-refractivity contribution is 0.167. The summed E-state index contributed by atoms with van der Waals surface area (Å²) in [6.07, 6.45) is 2.36. The largest absolute Gasteiger partial charge is 0.391 e. The Morgan fingerprint density at radius 1 is 1.90 bits per heavy atom. The fourth-order valence-electron chi connectivity index (χ4n) is 0.780. The van der Waals surface area contributed by atoms with E-state index in [9.17, 15) is 0 Å². The fourth-order valence-corrected chi connectivity index (χ4v) is 0.780. The first-order valence-corrected chi connectivity index (χ1v) is 3.28. The number of aromatic nitrogens is 2. The van der Waals surface area contributed by atoms with Crippen molar-refractivity contribution in [2.45, 2.75) is 26.5 Å². The smallest absolute Gasteiger partial charge is 0.113 e. The second-order valence-corrected chi connectivity index (χ2v) is 2.45. The van der Waals surface area contributed by atoms with E-state index in [1.165, 1.54) is 0 Å². The van der Waals surface area contributed by atoms with Crippen LogP contribution in [0.4, 0.5) is 0 Å². The number of aliphatic hydroxyl groups is 1. The molecule has 0 unspecified atom stereocenters. The van der Waals surface area contributed by atoms with E-state index in [-0.39, 0.29) is 6.10 Å². The van der Waals surface area contributed by atoms with Crippen molar-refractivity contribution in [2.24, 2.45) is 0 Å². The topological polar surface area (TPSA) is 38.0 Å². The second kappa shape index (κ2) is 2.84. The van der Waals surface area contributed by atoms with Crippen molar-refractivity contribution in [3.63, 3.8) is 0 Å². The first kappa shape index (κ1) is 7.28. The van der Waals surface area contributed by atoms with Gasteiger partial charge in [-0.1, -0.05) is 0 Å². The molecule has 1 aromatic rings. The molecule has 1 radical (unpaired) electrons. The number of hydrogen-bond donors (Lipinski definition) is 1. The van der Waals surface area contributed by atoms with Crippen molar-refractivity contribution in [2.75, 3.05) is 0 Å². The highest BCUT2D eigenvalue weighted by molar-refractivity contribution is 4.95. The van der Waals surface area contributed by atoms with E-state index in [0.29, 0.717) is 6.54 Å². The van der Waals surface area contributed by atoms with Crippen LogP contribution >= 0.6 is 0 Å². The minimum Gasteiger partial charge on any atom is -0.391 e. The van der Waals surface area contributed by atoms with Crippen molar-refractivity contribution in [1.29, 1.82) is 0 Å². The maximum atomic E-state index is 8.97. The summed E-state index contributed by atoms with van der Waals surface area (Å²) in [5.41, 5.74) is 1.03. The van der Waals surface area contributed by atoms with Gasteiger partial charge in [-0.2, -0.15) is 5.10 Å². The second-order valence-electron chi connectivity index (χ2n) is 2.45. The van der Waals surface area contributed by atoms with Gasteiger partial charge in [-0.05, 0) is 19.9 Å². The van der Waals surface area contributed by atoms with Crippen LogP contribution in [-0.4, -0.2) is 21.0 Å². The van der Waals surface area contributed by atoms with Crippen molar-refractivity contribution < 1.29 is 5.11 Å². The molecule has 1 rings (SSSR count). The number of nitrogens with zero attached hydrogens (tertiary/aromatic N) is 2. The summed E-state index contributed by atoms with van der Waals surface area (Å²) < 4.78 is 1.73. The Balaban J connectivity index is 2.65. The summed E-state index contributed by atoms with van der Waals surface area (Å²) in [4.78, 5) is 0. The number of aliphatic hydroxyl groups excluding tert-OH is 1. The Morgan fingerprint density at radius 2 is 2.60 bits per heavy atom. The Labute approximate surface area is 60.3 Å². The van der Waals surface area contributed by atoms with E-state index in [1.807, 2.05) is 6.92 Å². The molecule has 55 valence electrons. The molecule has 3 heteroatoms. The Kier molecular flexibility index (Phi) is 2.06. The molecule has 10 heavy (non-hydrogen) atoms. The van der Waals surface area contributed by atoms with E-state index in [0.717, 1.165) is 5.69 Å². The van der Waals surface area contributed by atoms with Gasteiger partial charge in [0.1, 0.15) is 6.20 Å². The number of aryl methyl sites for hydroxylation is 1. The summed E-state index contributed by atoms with van der Waals surface area (Å²) >= 11 is 0. The van der Waals surface area contributed by atoms with Crippen LogP contribution in [0.3, 0.4) is 0 Å². The molecule has 1 aromatic heterocycles. The zero-order valence-electron chi connectivity index (χ0n) is 6.20. The summed E-state index contributed by atoms with van der Waals surface area (Å²) in [5.74, 6) is 0. The van der Waals surface area contributed by atoms with Crippen LogP contribution in [0.25, 0.3) is 0 Å². The van der Waals surface area contributed by atoms with Crippen LogP contribution in [0.5, 0.6) is 0 Å². The maximum absolute atomic E-state index is 8.97. The molecule has 0 aromatic carbocycles. The van der Waals surface area contributed by atoms with Crippen LogP contribution in [0.2, 0.25) is 0 Å². The zero-order chi connectivity index (χ0) is 7.56. The third-order valence-corrected chi connectivity index (χ3v) is 1.30. The molecule has 1 heterocycles. The van der Waals surface area contributed by atoms with Crippen LogP contribution < -0.4 is 0 Å². The van der Waals surface area contributed by atoms with E-state index < -0.39 is 0 Å². The van der Waals surface area contributed by atoms with E-state index in [4.69, 9.17) is 5.11 Å². The van der Waals surface area contributed by atoms with Gasteiger partial charge in [0.05, 0.1) is 12.6 Å². The zero-order valence-corrected chi connectivity index (χ0v) is 6.20. The number of hydrogen-bond acceptors (Lipinski definition) is 2. The molecule has 0 spiro atoms. The third kappa shape index (κ3) is 1.57. The van der Waals surface area contributed by atoms with Crippen molar-refractivity contribution in [1.82, 2.24) is 9.78 Å². The molecule has 0 fully saturated rings. The summed E-state index contributed by atoms with van der Waals surface area (Å²) in [6, 6.07) is 1.79. The van der Waals surface area contributed by atoms with Gasteiger partial charge >= 0.3 is 0 Å². The predicted octanol–water partition coefficient (Wildman–Crippen LogP) is 0.373. The highest BCUT2D eigenvalue weighted by Crippen LogP contribution is 1.96. The molecule has 0 aliphatic carbocycles. The van der Waals surface area contributed by atoms with E-state index >= 15 is 0 Å². The van der Waals surface area contributed by atoms with Gasteiger partial charge in [-0.25, -0.2) is 0 Å². The average Bonchev–Trinajstić information content (AvgIpc) is 2.15. The SMILES string of the molecule is Cc1c[c]nn1C[C@@H](C)O. The molecule has 0 bridgehead atoms. The Morgan fingerprint density at radius 3 is 3.00 bits per heavy atom. The third-order valence-electron chi connectivity index (χ3n) is 1.30. The summed E-state index contributed by atoms with van der Waals surface area (Å²) in [7, 11) is 0. The first-order chi connectivity index (χ1) is 4.70. The van der Waals surface area contributed by atoms with Crippen LogP contribution in [0.1, 0.15) is 12.6 Å². The quantitative estimate of drug-likeness (QED) is 0.643. The van der Waals surface area contributed by atoms with Crippen LogP contribution in [-0.2, 0) is 6.54 Å². The summed E-state index contributed by atoms with van der Waals surface area (Å²) in [6.45, 7) is 4.22. The predicted molar refractivity (Wildman–Crippen MR) is 37.5 cm³/mol. The Hall–Kier alpha value is -0.830. The lowest BCUT2D eigenvalue weighted by Gasteiger charge is -2.05. The van der Waals surface area contributed by atoms with E-state index in [2.05, 4.69) is 11.3 Å². The van der Waals surface area contributed by atoms with Gasteiger partial charge in [0, 0.05) is 5.69 Å². The van der Waals surface area contributed by atoms with Crippen molar-refractivity contribution in [3.05, 3.63) is 18.0 Å². The van der Waals surface area contributed by atoms with Crippen LogP contribution in [0, 0.1) is 13.1 Å². The van der Waals surface area contributed by atoms with Gasteiger partial charge in [0.25, 0.3) is 0 Å². The first-order valence-electron chi connectivity index (χ1n) is 3.28. The van der Waals surface area contributed by atoms with Crippen molar-refractivity contribution in [3.8, 4) is 0 Å². The Bertz CT molecular complexity index is 205. The highest BCUT2D eigenvalue weighted by atomic mass is 16.3. The lowest BCUT2D eigenvalue weighted by atomic mass is 10.4. The molecular formula is C7H11N2O. The summed E-state index contributed by atoms with van der Waals surface area (Å²) in [5, 5.41) is 12.9. The number of rotatable bonds is 2. The van der Waals surface area contributed by atoms with Gasteiger partial charge in [-0.3, -0.25) is 4.68 Å². The molecule has 0 aliphatic rings. The molecule has 0 saturated heterocycles. The molecule has 0 amide bonds. The molecule has 1 atom stereocenters. The van der Waals surface area contributed by atoms with Crippen molar-refractivity contribution >= 4 is 0 Å². The fraction of sp³-hybridized carbons (Fsp3) is 0.571. The molecule has 3 nitrogen and oxygen atoms in total. The molecule has 0 saturated carbocycles. The lowest BCUT2D eigenvalue weighted by Crippen LogP contribution is -2.13. The monoisotopic (exact) mass is 139 g/mol. The molecular weight excluding hydrogens is 128 g/mol. The average molecular weight is 139 g/mol. The normalized spacial score (nSPS) is 13.5. The molecule has 1 N–H and O–H groups in total. The maximum Gasteiger partial charge on any atom is 0.113 e. The van der Waals surface area contributed by atoms with Gasteiger partial charge in [0.15, 0.2) is 0 Å². The van der Waals surface area contributed by atoms with Gasteiger partial charge in [-0.15, -0.1) is 0 Å².